The van der Waals surface area contributed by atoms with Gasteiger partial charge in [0.25, 0.3) is 0 Å². The standard InChI is InChI=1S/C7H8NO.BrH.Zn/c1-6-4-3-5-7(8-6)9-2;;/h3-4H,1-2H3;1H;/q-1;;+2/p-1. The number of hydrogen-bond acceptors (Lipinski definition) is 2. The number of aromatic nitrogens is 1. The van der Waals surface area contributed by atoms with Crippen molar-refractivity contribution in [2.45, 2.75) is 6.92 Å². The van der Waals surface area contributed by atoms with Gasteiger partial charge in [0.1, 0.15) is 5.88 Å². The molecule has 0 unspecified atom stereocenters. The first-order valence-electron chi connectivity index (χ1n) is 2.99. The molecule has 1 aromatic heterocycles. The van der Waals surface area contributed by atoms with E-state index in [4.69, 9.17) is 4.74 Å². The molecular weight excluding hydrogens is 259 g/mol. The Kier molecular flexibility index (Phi) is 6.78. The van der Waals surface area contributed by atoms with Crippen LogP contribution < -0.4 is 4.74 Å². The Morgan fingerprint density at radius 1 is 1.64 bits per heavy atom. The molecule has 1 aromatic rings. The number of halogens is 1. The van der Waals surface area contributed by atoms with Crippen LogP contribution in [0.2, 0.25) is 0 Å². The van der Waals surface area contributed by atoms with Gasteiger partial charge in [-0.05, 0) is 12.6 Å². The molecular formula is C7H8BrNOZn. The van der Waals surface area contributed by atoms with Gasteiger partial charge in [-0.2, -0.15) is 12.1 Å². The Morgan fingerprint density at radius 3 is 2.64 bits per heavy atom. The molecule has 0 aliphatic rings. The van der Waals surface area contributed by atoms with Gasteiger partial charge in [-0.1, -0.05) is 0 Å². The van der Waals surface area contributed by atoms with E-state index < -0.39 is 0 Å². The molecule has 0 radical (unpaired) electrons. The summed E-state index contributed by atoms with van der Waals surface area (Å²) < 4.78 is 4.83. The molecule has 1 rings (SSSR count). The molecule has 0 amide bonds. The first-order valence-corrected chi connectivity index (χ1v) is 9.94. The molecule has 1 heterocycles. The summed E-state index contributed by atoms with van der Waals surface area (Å²) in [6, 6.07) is 6.50. The van der Waals surface area contributed by atoms with E-state index >= 15 is 0 Å². The number of nitrogens with zero attached hydrogens (tertiary/aromatic N) is 1. The third-order valence-electron chi connectivity index (χ3n) is 1.00. The van der Waals surface area contributed by atoms with E-state index in [0.29, 0.717) is 5.88 Å². The number of pyridine rings is 1. The molecule has 0 saturated heterocycles. The van der Waals surface area contributed by atoms with Crippen molar-refractivity contribution in [1.82, 2.24) is 4.98 Å². The molecule has 0 atom stereocenters. The van der Waals surface area contributed by atoms with Crippen LogP contribution in [-0.4, -0.2) is 12.1 Å². The number of aryl methyl sites for hydroxylation is 1. The second kappa shape index (κ2) is 6.74. The average Bonchev–Trinajstić information content (AvgIpc) is 2.08. The molecule has 2 nitrogen and oxygen atoms in total. The molecule has 0 fully saturated rings. The molecule has 0 bridgehead atoms. The monoisotopic (exact) mass is 265 g/mol. The van der Waals surface area contributed by atoms with Crippen LogP contribution in [-0.2, 0) is 16.3 Å². The molecule has 11 heavy (non-hydrogen) atoms. The van der Waals surface area contributed by atoms with Crippen LogP contribution in [0.3, 0.4) is 0 Å². The summed E-state index contributed by atoms with van der Waals surface area (Å²) in [5, 5.41) is 0. The van der Waals surface area contributed by atoms with E-state index in [0.717, 1.165) is 5.69 Å². The third-order valence-corrected chi connectivity index (χ3v) is 1.00. The van der Waals surface area contributed by atoms with Crippen molar-refractivity contribution in [3.8, 4) is 5.88 Å². The Bertz CT molecular complexity index is 207. The van der Waals surface area contributed by atoms with Crippen molar-refractivity contribution >= 4 is 13.6 Å². The van der Waals surface area contributed by atoms with Crippen molar-refractivity contribution in [2.24, 2.45) is 0 Å². The van der Waals surface area contributed by atoms with Crippen LogP contribution in [0, 0.1) is 13.0 Å². The first-order chi connectivity index (χ1) is 5.33. The Hall–Kier alpha value is 0.0534. The zero-order valence-corrected chi connectivity index (χ0v) is 11.1. The van der Waals surface area contributed by atoms with Crippen LogP contribution in [0.15, 0.2) is 12.1 Å². The minimum absolute atomic E-state index is 0.551. The van der Waals surface area contributed by atoms with Gasteiger partial charge in [0.2, 0.25) is 0 Å². The fraction of sp³-hybridized carbons (Fsp3) is 0.286. The zero-order valence-electron chi connectivity index (χ0n) is 6.60. The van der Waals surface area contributed by atoms with Crippen molar-refractivity contribution in [3.63, 3.8) is 0 Å². The fourth-order valence-corrected chi connectivity index (χ4v) is 0.568. The van der Waals surface area contributed by atoms with Gasteiger partial charge in [-0.15, -0.1) is 0 Å². The summed E-state index contributed by atoms with van der Waals surface area (Å²) in [4.78, 5) is 4.01. The van der Waals surface area contributed by atoms with Crippen molar-refractivity contribution in [3.05, 3.63) is 23.9 Å². The van der Waals surface area contributed by atoms with E-state index in [1.807, 2.05) is 13.0 Å². The average molecular weight is 267 g/mol. The van der Waals surface area contributed by atoms with E-state index in [9.17, 15) is 0 Å². The van der Waals surface area contributed by atoms with Crippen molar-refractivity contribution in [1.29, 1.82) is 0 Å². The predicted molar refractivity (Wildman–Crippen MR) is 43.3 cm³/mol. The number of hydrogen-bond donors (Lipinski definition) is 0. The quantitative estimate of drug-likeness (QED) is 0.574. The third kappa shape index (κ3) is 4.49. The Balaban J connectivity index is 0.000000461. The van der Waals surface area contributed by atoms with Gasteiger partial charge in [-0.3, -0.25) is 4.98 Å². The predicted octanol–water partition coefficient (Wildman–Crippen LogP) is 2.04. The van der Waals surface area contributed by atoms with Crippen LogP contribution in [0.4, 0.5) is 0 Å². The van der Waals surface area contributed by atoms with Gasteiger partial charge in [0.05, 0.1) is 7.11 Å². The van der Waals surface area contributed by atoms with E-state index in [2.05, 4.69) is 24.7 Å². The second-order valence-electron chi connectivity index (χ2n) is 1.74. The number of ether oxygens (including phenoxy) is 1. The number of rotatable bonds is 1. The van der Waals surface area contributed by atoms with Gasteiger partial charge < -0.3 is 4.74 Å². The van der Waals surface area contributed by atoms with Crippen molar-refractivity contribution in [2.75, 3.05) is 7.11 Å². The van der Waals surface area contributed by atoms with Gasteiger partial charge in [-0.25, -0.2) is 6.07 Å². The molecule has 4 heteroatoms. The Morgan fingerprint density at radius 2 is 2.27 bits per heavy atom. The van der Waals surface area contributed by atoms with Crippen LogP contribution in [0.25, 0.3) is 0 Å². The summed E-state index contributed by atoms with van der Waals surface area (Å²) in [5.74, 6) is 0.551. The maximum atomic E-state index is 4.83. The van der Waals surface area contributed by atoms with Crippen LogP contribution >= 0.6 is 13.6 Å². The van der Waals surface area contributed by atoms with Gasteiger partial charge in [0, 0.05) is 0 Å². The summed E-state index contributed by atoms with van der Waals surface area (Å²) in [6.45, 7) is 1.91. The molecule has 0 aromatic carbocycles. The fourth-order valence-electron chi connectivity index (χ4n) is 0.568. The summed E-state index contributed by atoms with van der Waals surface area (Å²) in [6.07, 6.45) is 0. The van der Waals surface area contributed by atoms with E-state index in [-0.39, 0.29) is 0 Å². The summed E-state index contributed by atoms with van der Waals surface area (Å²) in [7, 11) is 1.58. The van der Waals surface area contributed by atoms with Gasteiger partial charge >= 0.3 is 30.0 Å². The van der Waals surface area contributed by atoms with Crippen LogP contribution in [0.5, 0.6) is 5.88 Å². The summed E-state index contributed by atoms with van der Waals surface area (Å²) in [5.41, 5.74) is 0.950. The minimum atomic E-state index is 0.551. The molecule has 0 aliphatic carbocycles. The van der Waals surface area contributed by atoms with E-state index in [1.165, 1.54) is 16.3 Å². The molecule has 56 valence electrons. The maximum absolute atomic E-state index is 4.83. The Labute approximate surface area is 83.4 Å². The molecule has 0 aliphatic heterocycles. The topological polar surface area (TPSA) is 22.1 Å². The molecule has 0 saturated carbocycles. The second-order valence-corrected chi connectivity index (χ2v) is 1.74. The summed E-state index contributed by atoms with van der Waals surface area (Å²) >= 11 is 4.25. The van der Waals surface area contributed by atoms with Gasteiger partial charge in [0.15, 0.2) is 0 Å². The molecule has 0 spiro atoms. The van der Waals surface area contributed by atoms with Crippen molar-refractivity contribution < 1.29 is 21.1 Å². The molecule has 0 N–H and O–H groups in total. The number of methoxy groups -OCH3 is 1. The van der Waals surface area contributed by atoms with E-state index in [1.54, 1.807) is 13.2 Å². The normalized spacial score (nSPS) is 8.09. The van der Waals surface area contributed by atoms with Crippen LogP contribution in [0.1, 0.15) is 5.69 Å². The zero-order chi connectivity index (χ0) is 8.69. The first kappa shape index (κ1) is 11.1. The SMILES string of the molecule is COc1[c-]ccc(C)n1.[Zn+][Br].